The molecule has 2 heterocycles. The molecule has 21 heavy (non-hydrogen) atoms. The molecule has 2 aromatic heterocycles. The van der Waals surface area contributed by atoms with E-state index in [-0.39, 0.29) is 6.01 Å². The number of hydrogen-bond donors (Lipinski definition) is 1. The van der Waals surface area contributed by atoms with Gasteiger partial charge in [-0.2, -0.15) is 15.0 Å². The predicted molar refractivity (Wildman–Crippen MR) is 77.7 cm³/mol. The second-order valence-corrected chi connectivity index (χ2v) is 4.20. The smallest absolute Gasteiger partial charge is 0.323 e. The van der Waals surface area contributed by atoms with Crippen LogP contribution in [0, 0.1) is 0 Å². The van der Waals surface area contributed by atoms with Crippen LogP contribution in [0.25, 0.3) is 5.95 Å². The Morgan fingerprint density at radius 3 is 2.76 bits per heavy atom. The average molecular weight is 292 g/mol. The van der Waals surface area contributed by atoms with Crippen LogP contribution >= 0.6 is 0 Å². The number of nitrogens with one attached hydrogen (secondary N) is 1. The molecule has 0 unspecified atom stereocenters. The molecule has 0 aliphatic heterocycles. The molecule has 0 radical (unpaired) electrons. The molecule has 2 rings (SSSR count). The summed E-state index contributed by atoms with van der Waals surface area (Å²) in [6.07, 6.45) is 6.04. The monoisotopic (exact) mass is 292 g/mol. The van der Waals surface area contributed by atoms with Gasteiger partial charge in [0.2, 0.25) is 11.9 Å². The molecular formula is C13H20N6O2. The van der Waals surface area contributed by atoms with E-state index in [0.29, 0.717) is 31.7 Å². The van der Waals surface area contributed by atoms with Crippen molar-refractivity contribution in [2.24, 2.45) is 0 Å². The Morgan fingerprint density at radius 2 is 2.05 bits per heavy atom. The Morgan fingerprint density at radius 1 is 1.14 bits per heavy atom. The molecule has 0 bridgehead atoms. The summed E-state index contributed by atoms with van der Waals surface area (Å²) < 4.78 is 12.6. The van der Waals surface area contributed by atoms with Crippen molar-refractivity contribution in [2.45, 2.75) is 20.3 Å². The predicted octanol–water partition coefficient (Wildman–Crippen LogP) is 1.29. The van der Waals surface area contributed by atoms with Crippen molar-refractivity contribution in [3.05, 3.63) is 18.7 Å². The Hall–Kier alpha value is -2.22. The van der Waals surface area contributed by atoms with E-state index in [0.717, 1.165) is 13.0 Å². The zero-order chi connectivity index (χ0) is 14.9. The third-order valence-corrected chi connectivity index (χ3v) is 2.48. The number of ether oxygens (including phenoxy) is 2. The lowest BCUT2D eigenvalue weighted by Gasteiger charge is -2.09. The third kappa shape index (κ3) is 4.67. The highest BCUT2D eigenvalue weighted by atomic mass is 16.5. The van der Waals surface area contributed by atoms with Crippen molar-refractivity contribution in [1.82, 2.24) is 24.5 Å². The van der Waals surface area contributed by atoms with E-state index in [1.54, 1.807) is 23.3 Å². The van der Waals surface area contributed by atoms with E-state index in [4.69, 9.17) is 9.47 Å². The van der Waals surface area contributed by atoms with Gasteiger partial charge >= 0.3 is 6.01 Å². The molecule has 0 atom stereocenters. The number of nitrogens with zero attached hydrogens (tertiary/aromatic N) is 5. The Bertz CT molecular complexity index is 531. The summed E-state index contributed by atoms with van der Waals surface area (Å²) in [5.74, 6) is 0.934. The quantitative estimate of drug-likeness (QED) is 0.697. The average Bonchev–Trinajstić information content (AvgIpc) is 3.01. The second kappa shape index (κ2) is 8.15. The van der Waals surface area contributed by atoms with Gasteiger partial charge in [-0.05, 0) is 13.3 Å². The summed E-state index contributed by atoms with van der Waals surface area (Å²) in [4.78, 5) is 16.7. The summed E-state index contributed by atoms with van der Waals surface area (Å²) in [5.41, 5.74) is 0. The van der Waals surface area contributed by atoms with Gasteiger partial charge in [-0.3, -0.25) is 4.57 Å². The van der Waals surface area contributed by atoms with Gasteiger partial charge in [0, 0.05) is 25.5 Å². The van der Waals surface area contributed by atoms with Gasteiger partial charge in [0.05, 0.1) is 6.61 Å². The SMILES string of the molecule is CCCOCCOc1nc(NCC)nc(-n2ccnc2)n1. The topological polar surface area (TPSA) is 87.0 Å². The molecule has 0 aromatic carbocycles. The van der Waals surface area contributed by atoms with Crippen molar-refractivity contribution in [3.8, 4) is 12.0 Å². The molecule has 0 fully saturated rings. The first-order chi connectivity index (χ1) is 10.3. The van der Waals surface area contributed by atoms with E-state index >= 15 is 0 Å². The Balaban J connectivity index is 2.05. The lowest BCUT2D eigenvalue weighted by molar-refractivity contribution is 0.0971. The molecular weight excluding hydrogens is 272 g/mol. The minimum absolute atomic E-state index is 0.268. The van der Waals surface area contributed by atoms with Gasteiger partial charge in [0.25, 0.3) is 0 Å². The fourth-order valence-electron chi connectivity index (χ4n) is 1.58. The molecule has 0 saturated carbocycles. The minimum atomic E-state index is 0.268. The van der Waals surface area contributed by atoms with Crippen molar-refractivity contribution in [3.63, 3.8) is 0 Å². The van der Waals surface area contributed by atoms with Crippen LogP contribution in [0.4, 0.5) is 5.95 Å². The van der Waals surface area contributed by atoms with Crippen LogP contribution in [0.5, 0.6) is 6.01 Å². The fourth-order valence-corrected chi connectivity index (χ4v) is 1.58. The molecule has 0 aliphatic carbocycles. The molecule has 0 amide bonds. The molecule has 0 saturated heterocycles. The first-order valence-corrected chi connectivity index (χ1v) is 7.02. The Labute approximate surface area is 123 Å². The molecule has 114 valence electrons. The van der Waals surface area contributed by atoms with Crippen LogP contribution in [0.2, 0.25) is 0 Å². The molecule has 0 spiro atoms. The van der Waals surface area contributed by atoms with Gasteiger partial charge in [-0.25, -0.2) is 4.98 Å². The summed E-state index contributed by atoms with van der Waals surface area (Å²) in [7, 11) is 0. The van der Waals surface area contributed by atoms with E-state index < -0.39 is 0 Å². The van der Waals surface area contributed by atoms with Crippen molar-refractivity contribution in [1.29, 1.82) is 0 Å². The number of imidazole rings is 1. The highest BCUT2D eigenvalue weighted by Gasteiger charge is 2.08. The zero-order valence-corrected chi connectivity index (χ0v) is 12.3. The van der Waals surface area contributed by atoms with Gasteiger partial charge in [-0.1, -0.05) is 6.92 Å². The van der Waals surface area contributed by atoms with Crippen LogP contribution in [-0.2, 0) is 4.74 Å². The van der Waals surface area contributed by atoms with Crippen LogP contribution in [0.15, 0.2) is 18.7 Å². The van der Waals surface area contributed by atoms with Gasteiger partial charge < -0.3 is 14.8 Å². The van der Waals surface area contributed by atoms with E-state index in [2.05, 4.69) is 32.2 Å². The highest BCUT2D eigenvalue weighted by Crippen LogP contribution is 2.10. The molecule has 1 N–H and O–H groups in total. The first kappa shape index (κ1) is 15.2. The Kier molecular flexibility index (Phi) is 5.89. The van der Waals surface area contributed by atoms with Crippen molar-refractivity contribution < 1.29 is 9.47 Å². The fraction of sp³-hybridized carbons (Fsp3) is 0.538. The highest BCUT2D eigenvalue weighted by molar-refractivity contribution is 5.30. The maximum absolute atomic E-state index is 5.52. The molecule has 2 aromatic rings. The summed E-state index contributed by atoms with van der Waals surface area (Å²) in [5, 5.41) is 3.05. The third-order valence-electron chi connectivity index (χ3n) is 2.48. The van der Waals surface area contributed by atoms with Crippen LogP contribution in [-0.4, -0.2) is 50.9 Å². The maximum atomic E-state index is 5.52. The van der Waals surface area contributed by atoms with Crippen molar-refractivity contribution in [2.75, 3.05) is 31.7 Å². The number of hydrogen-bond acceptors (Lipinski definition) is 7. The molecule has 8 heteroatoms. The lowest BCUT2D eigenvalue weighted by atomic mass is 10.5. The molecule has 0 aliphatic rings. The number of rotatable bonds is 9. The lowest BCUT2D eigenvalue weighted by Crippen LogP contribution is -2.13. The first-order valence-electron chi connectivity index (χ1n) is 7.02. The van der Waals surface area contributed by atoms with Gasteiger partial charge in [0.1, 0.15) is 12.9 Å². The summed E-state index contributed by atoms with van der Waals surface area (Å²) in [6.45, 7) is 6.39. The van der Waals surface area contributed by atoms with Crippen LogP contribution in [0.1, 0.15) is 20.3 Å². The maximum Gasteiger partial charge on any atom is 0.323 e. The zero-order valence-electron chi connectivity index (χ0n) is 12.3. The number of anilines is 1. The molecule has 8 nitrogen and oxygen atoms in total. The number of aromatic nitrogens is 5. The summed E-state index contributed by atoms with van der Waals surface area (Å²) >= 11 is 0. The van der Waals surface area contributed by atoms with E-state index in [9.17, 15) is 0 Å². The largest absolute Gasteiger partial charge is 0.461 e. The van der Waals surface area contributed by atoms with Gasteiger partial charge in [-0.15, -0.1) is 0 Å². The van der Waals surface area contributed by atoms with Crippen LogP contribution < -0.4 is 10.1 Å². The minimum Gasteiger partial charge on any atom is -0.461 e. The van der Waals surface area contributed by atoms with Crippen LogP contribution in [0.3, 0.4) is 0 Å². The standard InChI is InChI=1S/C13H20N6O2/c1-3-7-20-8-9-21-13-17-11(15-4-2)16-12(18-13)19-6-5-14-10-19/h5-6,10H,3-4,7-9H2,1-2H3,(H,15,16,17,18). The van der Waals surface area contributed by atoms with Crippen molar-refractivity contribution >= 4 is 5.95 Å². The normalized spacial score (nSPS) is 10.6. The summed E-state index contributed by atoms with van der Waals surface area (Å²) in [6, 6.07) is 0.268. The second-order valence-electron chi connectivity index (χ2n) is 4.20. The van der Waals surface area contributed by atoms with E-state index in [1.807, 2.05) is 6.92 Å². The van der Waals surface area contributed by atoms with E-state index in [1.165, 1.54) is 0 Å². The van der Waals surface area contributed by atoms with Gasteiger partial charge in [0.15, 0.2) is 0 Å².